The SMILES string of the molecule is Cc1c(C(CN)c2cc(C(C)C)n[nH]2)c2ccccc2n1C. The van der Waals surface area contributed by atoms with Gasteiger partial charge < -0.3 is 10.3 Å². The van der Waals surface area contributed by atoms with Crippen LogP contribution < -0.4 is 5.73 Å². The minimum absolute atomic E-state index is 0.145. The van der Waals surface area contributed by atoms with Gasteiger partial charge in [-0.3, -0.25) is 5.10 Å². The minimum Gasteiger partial charge on any atom is -0.348 e. The molecule has 22 heavy (non-hydrogen) atoms. The third-order valence-corrected chi connectivity index (χ3v) is 4.62. The van der Waals surface area contributed by atoms with Crippen molar-refractivity contribution in [3.05, 3.63) is 53.0 Å². The van der Waals surface area contributed by atoms with Gasteiger partial charge in [-0.15, -0.1) is 0 Å². The van der Waals surface area contributed by atoms with E-state index in [1.54, 1.807) is 0 Å². The smallest absolute Gasteiger partial charge is 0.0650 e. The zero-order valence-electron chi connectivity index (χ0n) is 13.7. The molecule has 0 spiro atoms. The third-order valence-electron chi connectivity index (χ3n) is 4.62. The van der Waals surface area contributed by atoms with Crippen molar-refractivity contribution in [2.45, 2.75) is 32.6 Å². The first-order valence-electron chi connectivity index (χ1n) is 7.83. The summed E-state index contributed by atoms with van der Waals surface area (Å²) in [6.07, 6.45) is 0. The molecule has 2 heterocycles. The number of hydrogen-bond acceptors (Lipinski definition) is 2. The van der Waals surface area contributed by atoms with E-state index in [1.165, 1.54) is 22.2 Å². The second kappa shape index (κ2) is 5.61. The molecule has 3 rings (SSSR count). The van der Waals surface area contributed by atoms with E-state index in [2.05, 4.69) is 72.9 Å². The normalized spacial score (nSPS) is 13.2. The summed E-state index contributed by atoms with van der Waals surface area (Å²) in [6, 6.07) is 10.7. The maximum atomic E-state index is 6.13. The fourth-order valence-corrected chi connectivity index (χ4v) is 3.22. The van der Waals surface area contributed by atoms with E-state index in [0.717, 1.165) is 11.4 Å². The van der Waals surface area contributed by atoms with Crippen LogP contribution in [-0.2, 0) is 7.05 Å². The number of para-hydroxylation sites is 1. The van der Waals surface area contributed by atoms with Gasteiger partial charge in [0.05, 0.1) is 5.69 Å². The van der Waals surface area contributed by atoms with Gasteiger partial charge in [0, 0.05) is 41.8 Å². The van der Waals surface area contributed by atoms with Crippen molar-refractivity contribution in [2.24, 2.45) is 12.8 Å². The Morgan fingerprint density at radius 1 is 1.27 bits per heavy atom. The Morgan fingerprint density at radius 3 is 2.64 bits per heavy atom. The highest BCUT2D eigenvalue weighted by atomic mass is 15.1. The maximum absolute atomic E-state index is 6.13. The summed E-state index contributed by atoms with van der Waals surface area (Å²) in [7, 11) is 2.11. The largest absolute Gasteiger partial charge is 0.348 e. The van der Waals surface area contributed by atoms with Crippen molar-refractivity contribution < 1.29 is 0 Å². The molecule has 3 N–H and O–H groups in total. The van der Waals surface area contributed by atoms with E-state index in [1.807, 2.05) is 0 Å². The highest BCUT2D eigenvalue weighted by Crippen LogP contribution is 2.34. The molecule has 0 fully saturated rings. The lowest BCUT2D eigenvalue weighted by atomic mass is 9.92. The molecular formula is C18H24N4. The number of nitrogens with two attached hydrogens (primary N) is 1. The molecule has 0 aliphatic carbocycles. The first kappa shape index (κ1) is 14.9. The maximum Gasteiger partial charge on any atom is 0.0650 e. The summed E-state index contributed by atoms with van der Waals surface area (Å²) in [5.41, 5.74) is 12.1. The number of aryl methyl sites for hydroxylation is 1. The minimum atomic E-state index is 0.145. The van der Waals surface area contributed by atoms with E-state index >= 15 is 0 Å². The van der Waals surface area contributed by atoms with Crippen molar-refractivity contribution in [1.29, 1.82) is 0 Å². The number of hydrogen-bond donors (Lipinski definition) is 2. The van der Waals surface area contributed by atoms with E-state index in [9.17, 15) is 0 Å². The van der Waals surface area contributed by atoms with Crippen LogP contribution in [-0.4, -0.2) is 21.3 Å². The molecule has 0 saturated carbocycles. The second-order valence-electron chi connectivity index (χ2n) is 6.27. The molecule has 2 aromatic heterocycles. The summed E-state index contributed by atoms with van der Waals surface area (Å²) in [4.78, 5) is 0. The summed E-state index contributed by atoms with van der Waals surface area (Å²) >= 11 is 0. The monoisotopic (exact) mass is 296 g/mol. The molecule has 0 radical (unpaired) electrons. The lowest BCUT2D eigenvalue weighted by Crippen LogP contribution is -2.15. The molecule has 0 bridgehead atoms. The Hall–Kier alpha value is -2.07. The van der Waals surface area contributed by atoms with Gasteiger partial charge in [-0.1, -0.05) is 32.0 Å². The number of rotatable bonds is 4. The zero-order chi connectivity index (χ0) is 15.9. The van der Waals surface area contributed by atoms with Gasteiger partial charge in [-0.05, 0) is 30.5 Å². The number of aromatic amines is 1. The van der Waals surface area contributed by atoms with Gasteiger partial charge in [0.25, 0.3) is 0 Å². The quantitative estimate of drug-likeness (QED) is 0.775. The first-order chi connectivity index (χ1) is 10.5. The number of nitrogens with zero attached hydrogens (tertiary/aromatic N) is 2. The lowest BCUT2D eigenvalue weighted by Gasteiger charge is -2.14. The van der Waals surface area contributed by atoms with Crippen LogP contribution in [0, 0.1) is 6.92 Å². The first-order valence-corrected chi connectivity index (χ1v) is 7.83. The predicted molar refractivity (Wildman–Crippen MR) is 91.2 cm³/mol. The van der Waals surface area contributed by atoms with Gasteiger partial charge in [0.1, 0.15) is 0 Å². The Morgan fingerprint density at radius 2 is 2.00 bits per heavy atom. The van der Waals surface area contributed by atoms with E-state index in [4.69, 9.17) is 5.73 Å². The van der Waals surface area contributed by atoms with Crippen molar-refractivity contribution in [3.8, 4) is 0 Å². The molecule has 1 atom stereocenters. The van der Waals surface area contributed by atoms with Crippen LogP contribution in [0.5, 0.6) is 0 Å². The molecule has 0 aliphatic rings. The molecule has 4 nitrogen and oxygen atoms in total. The van der Waals surface area contributed by atoms with Crippen molar-refractivity contribution in [2.75, 3.05) is 6.54 Å². The van der Waals surface area contributed by atoms with Crippen molar-refractivity contribution in [3.63, 3.8) is 0 Å². The molecule has 0 aliphatic heterocycles. The molecule has 1 unspecified atom stereocenters. The van der Waals surface area contributed by atoms with Gasteiger partial charge >= 0.3 is 0 Å². The van der Waals surface area contributed by atoms with Crippen LogP contribution in [0.25, 0.3) is 10.9 Å². The van der Waals surface area contributed by atoms with Crippen molar-refractivity contribution in [1.82, 2.24) is 14.8 Å². The Labute approximate surface area is 131 Å². The number of fused-ring (bicyclic) bond motifs is 1. The number of nitrogens with one attached hydrogen (secondary N) is 1. The molecule has 4 heteroatoms. The second-order valence-corrected chi connectivity index (χ2v) is 6.27. The Bertz CT molecular complexity index is 795. The zero-order valence-corrected chi connectivity index (χ0v) is 13.7. The third kappa shape index (κ3) is 2.24. The highest BCUT2D eigenvalue weighted by molar-refractivity contribution is 5.86. The number of benzene rings is 1. The lowest BCUT2D eigenvalue weighted by molar-refractivity contribution is 0.763. The van der Waals surface area contributed by atoms with E-state index in [-0.39, 0.29) is 5.92 Å². The van der Waals surface area contributed by atoms with Crippen LogP contribution in [0.4, 0.5) is 0 Å². The summed E-state index contributed by atoms with van der Waals surface area (Å²) in [6.45, 7) is 7.04. The molecule has 0 saturated heterocycles. The van der Waals surface area contributed by atoms with Gasteiger partial charge in [0.2, 0.25) is 0 Å². The molecule has 0 amide bonds. The molecule has 1 aromatic carbocycles. The van der Waals surface area contributed by atoms with Crippen LogP contribution in [0.15, 0.2) is 30.3 Å². The summed E-state index contributed by atoms with van der Waals surface area (Å²) in [5.74, 6) is 0.558. The van der Waals surface area contributed by atoms with Crippen LogP contribution in [0.2, 0.25) is 0 Å². The van der Waals surface area contributed by atoms with Gasteiger partial charge in [-0.2, -0.15) is 5.10 Å². The molecular weight excluding hydrogens is 272 g/mol. The Balaban J connectivity index is 2.16. The predicted octanol–water partition coefficient (Wildman–Crippen LogP) is 3.42. The van der Waals surface area contributed by atoms with Gasteiger partial charge in [-0.25, -0.2) is 0 Å². The van der Waals surface area contributed by atoms with Crippen LogP contribution >= 0.6 is 0 Å². The fourth-order valence-electron chi connectivity index (χ4n) is 3.22. The highest BCUT2D eigenvalue weighted by Gasteiger charge is 2.23. The summed E-state index contributed by atoms with van der Waals surface area (Å²) in [5, 5.41) is 8.91. The number of H-pyrrole nitrogens is 1. The average molecular weight is 296 g/mol. The van der Waals surface area contributed by atoms with Crippen LogP contribution in [0.3, 0.4) is 0 Å². The van der Waals surface area contributed by atoms with E-state index in [0.29, 0.717) is 12.5 Å². The summed E-state index contributed by atoms with van der Waals surface area (Å²) < 4.78 is 2.24. The molecule has 116 valence electrons. The Kier molecular flexibility index (Phi) is 3.79. The van der Waals surface area contributed by atoms with Crippen molar-refractivity contribution >= 4 is 10.9 Å². The van der Waals surface area contributed by atoms with E-state index < -0.39 is 0 Å². The average Bonchev–Trinajstić information content (AvgIpc) is 3.09. The molecule has 3 aromatic rings. The van der Waals surface area contributed by atoms with Gasteiger partial charge in [0.15, 0.2) is 0 Å². The fraction of sp³-hybridized carbons (Fsp3) is 0.389. The number of aromatic nitrogens is 3. The standard InChI is InChI=1S/C18H24N4/c1-11(2)15-9-16(21-20-15)14(10-19)18-12(3)22(4)17-8-6-5-7-13(17)18/h5-9,11,14H,10,19H2,1-4H3,(H,20,21). The van der Waals surface area contributed by atoms with Crippen LogP contribution in [0.1, 0.15) is 48.3 Å². The topological polar surface area (TPSA) is 59.6 Å².